The first-order chi connectivity index (χ1) is 11.9. The zero-order chi connectivity index (χ0) is 17.6. The Morgan fingerprint density at radius 1 is 1.08 bits per heavy atom. The summed E-state index contributed by atoms with van der Waals surface area (Å²) in [6, 6.07) is 12.3. The van der Waals surface area contributed by atoms with E-state index in [1.807, 2.05) is 7.85 Å². The highest BCUT2D eigenvalue weighted by Crippen LogP contribution is 2.50. The summed E-state index contributed by atoms with van der Waals surface area (Å²) in [5.74, 6) is 0.132. The minimum absolute atomic E-state index is 0.0511. The van der Waals surface area contributed by atoms with Gasteiger partial charge in [-0.2, -0.15) is 13.2 Å². The average molecular weight is 345 g/mol. The van der Waals surface area contributed by atoms with Crippen LogP contribution in [0.5, 0.6) is 0 Å². The Bertz CT molecular complexity index is 775. The van der Waals surface area contributed by atoms with E-state index in [2.05, 4.69) is 29.6 Å². The Morgan fingerprint density at radius 3 is 2.56 bits per heavy atom. The summed E-state index contributed by atoms with van der Waals surface area (Å²) >= 11 is 0. The third-order valence-electron chi connectivity index (χ3n) is 5.23. The third kappa shape index (κ3) is 3.04. The fraction of sp³-hybridized carbons (Fsp3) is 0.368. The van der Waals surface area contributed by atoms with Crippen molar-refractivity contribution in [1.82, 2.24) is 0 Å². The Morgan fingerprint density at radius 2 is 1.84 bits per heavy atom. The van der Waals surface area contributed by atoms with E-state index in [0.29, 0.717) is 12.2 Å². The van der Waals surface area contributed by atoms with Crippen molar-refractivity contribution in [2.45, 2.75) is 31.2 Å². The topological polar surface area (TPSA) is 21.3 Å². The summed E-state index contributed by atoms with van der Waals surface area (Å²) in [5.41, 5.74) is 3.09. The fourth-order valence-corrected chi connectivity index (χ4v) is 3.95. The van der Waals surface area contributed by atoms with Crippen LogP contribution in [-0.4, -0.2) is 14.5 Å². The maximum atomic E-state index is 13.1. The first-order valence-corrected chi connectivity index (χ1v) is 8.59. The van der Waals surface area contributed by atoms with Crippen LogP contribution in [0.25, 0.3) is 0 Å². The molecule has 2 aliphatic rings. The maximum Gasteiger partial charge on any atom is 0.416 e. The van der Waals surface area contributed by atoms with Crippen molar-refractivity contribution in [2.75, 3.05) is 11.9 Å². The Balaban J connectivity index is 1.76. The van der Waals surface area contributed by atoms with Gasteiger partial charge >= 0.3 is 6.18 Å². The molecule has 2 aromatic carbocycles. The number of rotatable bonds is 1. The Kier molecular flexibility index (Phi) is 4.03. The predicted octanol–water partition coefficient (Wildman–Crippen LogP) is 3.60. The number of fused-ring (bicyclic) bond motifs is 3. The van der Waals surface area contributed by atoms with E-state index in [4.69, 9.17) is 4.74 Å². The van der Waals surface area contributed by atoms with Crippen LogP contribution in [0.15, 0.2) is 42.5 Å². The zero-order valence-electron chi connectivity index (χ0n) is 13.9. The van der Waals surface area contributed by atoms with Gasteiger partial charge in [0.05, 0.1) is 17.7 Å². The molecule has 2 aromatic rings. The molecule has 3 atom stereocenters. The lowest BCUT2D eigenvalue weighted by Gasteiger charge is -2.43. The van der Waals surface area contributed by atoms with Crippen LogP contribution >= 0.6 is 0 Å². The number of nitrogens with one attached hydrogen (secondary N) is 1. The van der Waals surface area contributed by atoms with Gasteiger partial charge in [-0.3, -0.25) is 0 Å². The molecule has 0 amide bonds. The third-order valence-corrected chi connectivity index (χ3v) is 5.23. The van der Waals surface area contributed by atoms with Crippen LogP contribution in [0.3, 0.4) is 0 Å². The lowest BCUT2D eigenvalue weighted by molar-refractivity contribution is -0.137. The van der Waals surface area contributed by atoms with E-state index in [9.17, 15) is 13.2 Å². The van der Waals surface area contributed by atoms with Gasteiger partial charge in [0.2, 0.25) is 0 Å². The van der Waals surface area contributed by atoms with Crippen LogP contribution < -0.4 is 10.8 Å². The number of alkyl halides is 3. The smallest absolute Gasteiger partial charge is 0.378 e. The molecule has 130 valence electrons. The normalized spacial score (nSPS) is 25.6. The zero-order valence-corrected chi connectivity index (χ0v) is 13.9. The van der Waals surface area contributed by atoms with E-state index >= 15 is 0 Å². The van der Waals surface area contributed by atoms with E-state index in [1.54, 1.807) is 0 Å². The van der Waals surface area contributed by atoms with Crippen molar-refractivity contribution in [3.05, 3.63) is 59.2 Å². The van der Waals surface area contributed by atoms with Crippen molar-refractivity contribution in [2.24, 2.45) is 5.92 Å². The minimum Gasteiger partial charge on any atom is -0.378 e. The molecule has 2 heterocycles. The lowest BCUT2D eigenvalue weighted by atomic mass is 9.77. The van der Waals surface area contributed by atoms with E-state index in [0.717, 1.165) is 30.2 Å². The van der Waals surface area contributed by atoms with Gasteiger partial charge in [-0.05, 0) is 36.6 Å². The number of halogens is 3. The van der Waals surface area contributed by atoms with E-state index in [-0.39, 0.29) is 18.1 Å². The maximum absolute atomic E-state index is 13.1. The van der Waals surface area contributed by atoms with Gasteiger partial charge in [-0.25, -0.2) is 0 Å². The molecular formula is C19H19BF3NO. The first-order valence-electron chi connectivity index (χ1n) is 8.59. The molecule has 1 unspecified atom stereocenters. The summed E-state index contributed by atoms with van der Waals surface area (Å²) in [5, 5.41) is 3.46. The summed E-state index contributed by atoms with van der Waals surface area (Å²) in [4.78, 5) is 0. The highest BCUT2D eigenvalue weighted by Gasteiger charge is 2.41. The molecule has 6 heteroatoms. The Hall–Kier alpha value is -1.95. The first kappa shape index (κ1) is 16.5. The standard InChI is InChI=1S/C19H19BF3NO/c20-13-6-3-11(4-7-13)17-14-2-1-9-25-18(14)15-10-12(19(21,22)23)5-8-16(15)24-17/h3-8,10,14,17-18,24H,1-2,9,20H2/t14-,17?,18-/m0/s1. The molecule has 1 fully saturated rings. The molecule has 0 bridgehead atoms. The van der Waals surface area contributed by atoms with Crippen molar-refractivity contribution < 1.29 is 17.9 Å². The van der Waals surface area contributed by atoms with Gasteiger partial charge in [-0.15, -0.1) is 0 Å². The van der Waals surface area contributed by atoms with Gasteiger partial charge in [0.1, 0.15) is 7.85 Å². The van der Waals surface area contributed by atoms with Crippen LogP contribution in [0.2, 0.25) is 0 Å². The van der Waals surface area contributed by atoms with Gasteiger partial charge < -0.3 is 10.1 Å². The van der Waals surface area contributed by atoms with Crippen LogP contribution in [0.1, 0.15) is 41.7 Å². The van der Waals surface area contributed by atoms with Crippen molar-refractivity contribution >= 4 is 19.0 Å². The van der Waals surface area contributed by atoms with Gasteiger partial charge in [0, 0.05) is 23.8 Å². The molecule has 0 spiro atoms. The molecule has 0 aromatic heterocycles. The van der Waals surface area contributed by atoms with E-state index in [1.165, 1.54) is 17.6 Å². The summed E-state index contributed by atoms with van der Waals surface area (Å²) in [6.07, 6.45) is -2.77. The number of benzene rings is 2. The van der Waals surface area contributed by atoms with Gasteiger partial charge in [0.25, 0.3) is 0 Å². The van der Waals surface area contributed by atoms with Gasteiger partial charge in [0.15, 0.2) is 0 Å². The minimum atomic E-state index is -4.34. The number of ether oxygens (including phenoxy) is 1. The number of hydrogen-bond acceptors (Lipinski definition) is 2. The second-order valence-corrected chi connectivity index (χ2v) is 6.93. The largest absolute Gasteiger partial charge is 0.416 e. The molecule has 1 saturated heterocycles. The Labute approximate surface area is 145 Å². The molecular weight excluding hydrogens is 326 g/mol. The second-order valence-electron chi connectivity index (χ2n) is 6.93. The monoisotopic (exact) mass is 345 g/mol. The summed E-state index contributed by atoms with van der Waals surface area (Å²) < 4.78 is 45.2. The summed E-state index contributed by atoms with van der Waals surface area (Å²) in [6.45, 7) is 0.595. The number of hydrogen-bond donors (Lipinski definition) is 1. The highest BCUT2D eigenvalue weighted by atomic mass is 19.4. The van der Waals surface area contributed by atoms with Crippen molar-refractivity contribution in [1.29, 1.82) is 0 Å². The molecule has 4 rings (SSSR count). The molecule has 25 heavy (non-hydrogen) atoms. The molecule has 1 N–H and O–H groups in total. The molecule has 0 saturated carbocycles. The molecule has 0 aliphatic carbocycles. The van der Waals surface area contributed by atoms with Crippen LogP contribution in [0.4, 0.5) is 18.9 Å². The second kappa shape index (κ2) is 6.09. The van der Waals surface area contributed by atoms with E-state index < -0.39 is 11.7 Å². The van der Waals surface area contributed by atoms with Gasteiger partial charge in [-0.1, -0.05) is 29.7 Å². The van der Waals surface area contributed by atoms with Crippen LogP contribution in [-0.2, 0) is 10.9 Å². The average Bonchev–Trinajstić information content (AvgIpc) is 2.60. The van der Waals surface area contributed by atoms with Crippen molar-refractivity contribution in [3.8, 4) is 0 Å². The highest BCUT2D eigenvalue weighted by molar-refractivity contribution is 6.32. The summed E-state index contributed by atoms with van der Waals surface area (Å²) in [7, 11) is 2.04. The van der Waals surface area contributed by atoms with Crippen LogP contribution in [0, 0.1) is 5.92 Å². The molecule has 2 aliphatic heterocycles. The molecule has 2 nitrogen and oxygen atoms in total. The lowest BCUT2D eigenvalue weighted by Crippen LogP contribution is -2.36. The molecule has 0 radical (unpaired) electrons. The van der Waals surface area contributed by atoms with Crippen molar-refractivity contribution in [3.63, 3.8) is 0 Å². The SMILES string of the molecule is Bc1ccc(C2Nc3ccc(C(F)(F)F)cc3[C@H]3OCCC[C@@H]23)cc1. The fourth-order valence-electron chi connectivity index (χ4n) is 3.95. The number of anilines is 1. The quantitative estimate of drug-likeness (QED) is 0.798. The predicted molar refractivity (Wildman–Crippen MR) is 93.8 cm³/mol.